The van der Waals surface area contributed by atoms with Crippen molar-refractivity contribution in [2.75, 3.05) is 26.1 Å². The highest BCUT2D eigenvalue weighted by Gasteiger charge is 2.14. The van der Waals surface area contributed by atoms with Crippen LogP contribution in [0.5, 0.6) is 5.75 Å². The quantitative estimate of drug-likeness (QED) is 0.656. The monoisotopic (exact) mass is 299 g/mol. The molecule has 0 atom stereocenters. The van der Waals surface area contributed by atoms with Crippen molar-refractivity contribution in [1.82, 2.24) is 0 Å². The first kappa shape index (κ1) is 15.6. The first-order valence-corrected chi connectivity index (χ1v) is 6.77. The Morgan fingerprint density at radius 1 is 1.05 bits per heavy atom. The third-order valence-corrected chi connectivity index (χ3v) is 3.16. The molecule has 0 unspecified atom stereocenters. The molecule has 0 aromatic heterocycles. The Labute approximate surface area is 128 Å². The Balaban J connectivity index is 1.99. The van der Waals surface area contributed by atoms with Gasteiger partial charge in [-0.3, -0.25) is 4.79 Å². The van der Waals surface area contributed by atoms with E-state index in [1.165, 1.54) is 0 Å². The molecular formula is C17H17NO4. The lowest BCUT2D eigenvalue weighted by molar-refractivity contribution is 0.0475. The van der Waals surface area contributed by atoms with Crippen LogP contribution in [-0.2, 0) is 4.74 Å². The summed E-state index contributed by atoms with van der Waals surface area (Å²) in [6.07, 6.45) is 0. The SMILES string of the molecule is CNc1ccccc1C(=O)OCC(=O)c1ccc(OC)cc1. The molecule has 1 N–H and O–H groups in total. The molecule has 0 spiro atoms. The van der Waals surface area contributed by atoms with Gasteiger partial charge in [-0.2, -0.15) is 0 Å². The van der Waals surface area contributed by atoms with Gasteiger partial charge in [-0.1, -0.05) is 12.1 Å². The van der Waals surface area contributed by atoms with Crippen LogP contribution >= 0.6 is 0 Å². The fourth-order valence-electron chi connectivity index (χ4n) is 1.95. The van der Waals surface area contributed by atoms with Crippen LogP contribution in [0.4, 0.5) is 5.69 Å². The van der Waals surface area contributed by atoms with Gasteiger partial charge in [-0.15, -0.1) is 0 Å². The lowest BCUT2D eigenvalue weighted by atomic mass is 10.1. The molecule has 2 rings (SSSR count). The van der Waals surface area contributed by atoms with Crippen LogP contribution in [0.25, 0.3) is 0 Å². The van der Waals surface area contributed by atoms with Crippen molar-refractivity contribution in [2.24, 2.45) is 0 Å². The molecular weight excluding hydrogens is 282 g/mol. The number of nitrogens with one attached hydrogen (secondary N) is 1. The van der Waals surface area contributed by atoms with Crippen LogP contribution in [0.3, 0.4) is 0 Å². The molecule has 0 aliphatic heterocycles. The molecule has 0 aliphatic carbocycles. The predicted octanol–water partition coefficient (Wildman–Crippen LogP) is 2.78. The standard InChI is InChI=1S/C17H17NO4/c1-18-15-6-4-3-5-14(15)17(20)22-11-16(19)12-7-9-13(21-2)10-8-12/h3-10,18H,11H2,1-2H3. The van der Waals surface area contributed by atoms with Gasteiger partial charge in [0.15, 0.2) is 12.4 Å². The minimum Gasteiger partial charge on any atom is -0.497 e. The maximum absolute atomic E-state index is 12.0. The first-order chi connectivity index (χ1) is 10.7. The minimum absolute atomic E-state index is 0.266. The number of benzene rings is 2. The minimum atomic E-state index is -0.535. The lowest BCUT2D eigenvalue weighted by Gasteiger charge is -2.09. The molecule has 0 fully saturated rings. The number of hydrogen-bond donors (Lipinski definition) is 1. The second-order valence-electron chi connectivity index (χ2n) is 4.52. The maximum atomic E-state index is 12.0. The molecule has 2 aromatic rings. The molecule has 0 aliphatic rings. The third kappa shape index (κ3) is 3.63. The van der Waals surface area contributed by atoms with E-state index in [0.29, 0.717) is 22.6 Å². The van der Waals surface area contributed by atoms with Crippen molar-refractivity contribution in [3.05, 3.63) is 59.7 Å². The number of methoxy groups -OCH3 is 1. The Hall–Kier alpha value is -2.82. The zero-order valence-corrected chi connectivity index (χ0v) is 12.5. The van der Waals surface area contributed by atoms with E-state index >= 15 is 0 Å². The number of carbonyl (C=O) groups excluding carboxylic acids is 2. The Morgan fingerprint density at radius 2 is 1.73 bits per heavy atom. The molecule has 0 saturated carbocycles. The molecule has 0 amide bonds. The van der Waals surface area contributed by atoms with E-state index in [1.54, 1.807) is 56.6 Å². The van der Waals surface area contributed by atoms with Gasteiger partial charge in [0, 0.05) is 18.3 Å². The molecule has 5 heteroatoms. The third-order valence-electron chi connectivity index (χ3n) is 3.16. The predicted molar refractivity (Wildman–Crippen MR) is 83.6 cm³/mol. The number of Topliss-reactive ketones (excluding diaryl/α,β-unsaturated/α-hetero) is 1. The summed E-state index contributed by atoms with van der Waals surface area (Å²) in [4.78, 5) is 24.0. The van der Waals surface area contributed by atoms with Gasteiger partial charge < -0.3 is 14.8 Å². The smallest absolute Gasteiger partial charge is 0.340 e. The average molecular weight is 299 g/mol. The molecule has 0 radical (unpaired) electrons. The van der Waals surface area contributed by atoms with Gasteiger partial charge in [-0.05, 0) is 36.4 Å². The van der Waals surface area contributed by atoms with Crippen LogP contribution in [0.2, 0.25) is 0 Å². The number of esters is 1. The van der Waals surface area contributed by atoms with Crippen LogP contribution < -0.4 is 10.1 Å². The van der Waals surface area contributed by atoms with Crippen LogP contribution in [0, 0.1) is 0 Å². The van der Waals surface area contributed by atoms with Crippen molar-refractivity contribution in [3.8, 4) is 5.75 Å². The van der Waals surface area contributed by atoms with Gasteiger partial charge in [0.05, 0.1) is 12.7 Å². The van der Waals surface area contributed by atoms with Gasteiger partial charge in [0.2, 0.25) is 0 Å². The number of ketones is 1. The van der Waals surface area contributed by atoms with Gasteiger partial charge in [0.25, 0.3) is 0 Å². The number of ether oxygens (including phenoxy) is 2. The highest BCUT2D eigenvalue weighted by molar-refractivity contribution is 6.00. The molecule has 114 valence electrons. The van der Waals surface area contributed by atoms with Gasteiger partial charge >= 0.3 is 5.97 Å². The van der Waals surface area contributed by atoms with Crippen LogP contribution in [0.1, 0.15) is 20.7 Å². The van der Waals surface area contributed by atoms with Crippen molar-refractivity contribution in [1.29, 1.82) is 0 Å². The van der Waals surface area contributed by atoms with Gasteiger partial charge in [0.1, 0.15) is 5.75 Å². The second kappa shape index (κ2) is 7.26. The zero-order chi connectivity index (χ0) is 15.9. The molecule has 2 aromatic carbocycles. The Kier molecular flexibility index (Phi) is 5.14. The molecule has 5 nitrogen and oxygen atoms in total. The molecule has 0 saturated heterocycles. The molecule has 0 heterocycles. The van der Waals surface area contributed by atoms with E-state index in [-0.39, 0.29) is 12.4 Å². The fraction of sp³-hybridized carbons (Fsp3) is 0.176. The van der Waals surface area contributed by atoms with Crippen molar-refractivity contribution in [3.63, 3.8) is 0 Å². The first-order valence-electron chi connectivity index (χ1n) is 6.77. The summed E-state index contributed by atoms with van der Waals surface area (Å²) >= 11 is 0. The molecule has 22 heavy (non-hydrogen) atoms. The summed E-state index contributed by atoms with van der Waals surface area (Å²) in [6.45, 7) is -0.302. The van der Waals surface area contributed by atoms with Crippen LogP contribution in [-0.4, -0.2) is 32.5 Å². The second-order valence-corrected chi connectivity index (χ2v) is 4.52. The van der Waals surface area contributed by atoms with E-state index < -0.39 is 5.97 Å². The molecule has 0 bridgehead atoms. The van der Waals surface area contributed by atoms with E-state index in [2.05, 4.69) is 5.32 Å². The number of carbonyl (C=O) groups is 2. The van der Waals surface area contributed by atoms with Crippen molar-refractivity contribution >= 4 is 17.4 Å². The summed E-state index contributed by atoms with van der Waals surface area (Å²) in [5, 5.41) is 2.91. The lowest BCUT2D eigenvalue weighted by Crippen LogP contribution is -2.15. The maximum Gasteiger partial charge on any atom is 0.340 e. The summed E-state index contributed by atoms with van der Waals surface area (Å²) in [7, 11) is 3.27. The average Bonchev–Trinajstić information content (AvgIpc) is 2.59. The zero-order valence-electron chi connectivity index (χ0n) is 12.5. The summed E-state index contributed by atoms with van der Waals surface area (Å²) in [5.74, 6) is -0.138. The van der Waals surface area contributed by atoms with E-state index in [0.717, 1.165) is 0 Å². The van der Waals surface area contributed by atoms with Crippen molar-refractivity contribution in [2.45, 2.75) is 0 Å². The van der Waals surface area contributed by atoms with E-state index in [1.807, 2.05) is 6.07 Å². The van der Waals surface area contributed by atoms with E-state index in [9.17, 15) is 9.59 Å². The fourth-order valence-corrected chi connectivity index (χ4v) is 1.95. The highest BCUT2D eigenvalue weighted by atomic mass is 16.5. The highest BCUT2D eigenvalue weighted by Crippen LogP contribution is 2.16. The van der Waals surface area contributed by atoms with Gasteiger partial charge in [-0.25, -0.2) is 4.79 Å². The largest absolute Gasteiger partial charge is 0.497 e. The number of hydrogen-bond acceptors (Lipinski definition) is 5. The topological polar surface area (TPSA) is 64.6 Å². The summed E-state index contributed by atoms with van der Waals surface area (Å²) < 4.78 is 10.1. The number of rotatable bonds is 6. The van der Waals surface area contributed by atoms with Crippen LogP contribution in [0.15, 0.2) is 48.5 Å². The summed E-state index contributed by atoms with van der Waals surface area (Å²) in [5.41, 5.74) is 1.52. The van der Waals surface area contributed by atoms with E-state index in [4.69, 9.17) is 9.47 Å². The van der Waals surface area contributed by atoms with Crippen molar-refractivity contribution < 1.29 is 19.1 Å². The number of para-hydroxylation sites is 1. The summed E-state index contributed by atoms with van der Waals surface area (Å²) in [6, 6.07) is 13.6. The Morgan fingerprint density at radius 3 is 2.36 bits per heavy atom. The normalized spacial score (nSPS) is 9.91. The number of anilines is 1. The Bertz CT molecular complexity index is 665.